The summed E-state index contributed by atoms with van der Waals surface area (Å²) in [6.45, 7) is 1.46. The first-order valence-corrected chi connectivity index (χ1v) is 5.43. The number of ether oxygens (including phenoxy) is 1. The number of carbonyl (C=O) groups is 1. The van der Waals surface area contributed by atoms with Crippen molar-refractivity contribution in [2.24, 2.45) is 0 Å². The molecule has 3 nitrogen and oxygen atoms in total. The van der Waals surface area contributed by atoms with Crippen molar-refractivity contribution >= 4 is 16.6 Å². The Balaban J connectivity index is 2.76. The SMILES string of the molecule is COc1ccc2ccccc2c1C(=O)C(C)O. The summed E-state index contributed by atoms with van der Waals surface area (Å²) in [5.74, 6) is 0.174. The van der Waals surface area contributed by atoms with E-state index in [9.17, 15) is 9.90 Å². The molecule has 0 amide bonds. The van der Waals surface area contributed by atoms with Crippen molar-refractivity contribution in [1.29, 1.82) is 0 Å². The summed E-state index contributed by atoms with van der Waals surface area (Å²) in [6.07, 6.45) is -1.03. The lowest BCUT2D eigenvalue weighted by Crippen LogP contribution is -2.17. The quantitative estimate of drug-likeness (QED) is 0.824. The van der Waals surface area contributed by atoms with E-state index in [0.29, 0.717) is 11.3 Å². The molecule has 2 rings (SSSR count). The summed E-state index contributed by atoms with van der Waals surface area (Å²) in [6, 6.07) is 11.2. The number of aliphatic hydroxyl groups excluding tert-OH is 1. The molecule has 0 aliphatic carbocycles. The van der Waals surface area contributed by atoms with Crippen LogP contribution < -0.4 is 4.74 Å². The minimum atomic E-state index is -1.03. The molecule has 2 aromatic rings. The van der Waals surface area contributed by atoms with E-state index in [-0.39, 0.29) is 5.78 Å². The third kappa shape index (κ3) is 2.01. The third-order valence-corrected chi connectivity index (χ3v) is 2.74. The molecule has 0 aliphatic rings. The summed E-state index contributed by atoms with van der Waals surface area (Å²) < 4.78 is 5.19. The molecule has 0 heterocycles. The fraction of sp³-hybridized carbons (Fsp3) is 0.214. The minimum Gasteiger partial charge on any atom is -0.496 e. The van der Waals surface area contributed by atoms with Gasteiger partial charge in [-0.05, 0) is 23.8 Å². The van der Waals surface area contributed by atoms with Gasteiger partial charge < -0.3 is 9.84 Å². The van der Waals surface area contributed by atoms with Crippen molar-refractivity contribution in [3.63, 3.8) is 0 Å². The number of aliphatic hydroxyl groups is 1. The van der Waals surface area contributed by atoms with Crippen LogP contribution in [0.3, 0.4) is 0 Å². The number of ketones is 1. The van der Waals surface area contributed by atoms with Crippen LogP contribution in [0.2, 0.25) is 0 Å². The van der Waals surface area contributed by atoms with Crippen LogP contribution in [-0.4, -0.2) is 24.1 Å². The average molecular weight is 230 g/mol. The van der Waals surface area contributed by atoms with Gasteiger partial charge in [0.25, 0.3) is 0 Å². The molecule has 2 aromatic carbocycles. The van der Waals surface area contributed by atoms with Crippen LogP contribution in [-0.2, 0) is 0 Å². The number of hydrogen-bond donors (Lipinski definition) is 1. The second kappa shape index (κ2) is 4.55. The van der Waals surface area contributed by atoms with Crippen LogP contribution in [0.5, 0.6) is 5.75 Å². The van der Waals surface area contributed by atoms with E-state index in [4.69, 9.17) is 4.74 Å². The number of carbonyl (C=O) groups excluding carboxylic acids is 1. The van der Waals surface area contributed by atoms with E-state index in [1.165, 1.54) is 14.0 Å². The van der Waals surface area contributed by atoms with E-state index in [2.05, 4.69) is 0 Å². The molecule has 17 heavy (non-hydrogen) atoms. The van der Waals surface area contributed by atoms with E-state index in [1.54, 1.807) is 6.07 Å². The highest BCUT2D eigenvalue weighted by Crippen LogP contribution is 2.28. The van der Waals surface area contributed by atoms with Crippen LogP contribution in [0.1, 0.15) is 17.3 Å². The van der Waals surface area contributed by atoms with E-state index < -0.39 is 6.10 Å². The van der Waals surface area contributed by atoms with Crippen LogP contribution >= 0.6 is 0 Å². The van der Waals surface area contributed by atoms with Gasteiger partial charge in [0.1, 0.15) is 11.9 Å². The Morgan fingerprint density at radius 1 is 1.24 bits per heavy atom. The summed E-state index contributed by atoms with van der Waals surface area (Å²) >= 11 is 0. The minimum absolute atomic E-state index is 0.321. The summed E-state index contributed by atoms with van der Waals surface area (Å²) in [5, 5.41) is 11.2. The molecule has 0 saturated heterocycles. The van der Waals surface area contributed by atoms with E-state index in [1.807, 2.05) is 30.3 Å². The fourth-order valence-electron chi connectivity index (χ4n) is 1.88. The molecule has 1 atom stereocenters. The molecule has 0 spiro atoms. The van der Waals surface area contributed by atoms with Crippen molar-refractivity contribution in [1.82, 2.24) is 0 Å². The molecule has 0 saturated carbocycles. The zero-order valence-corrected chi connectivity index (χ0v) is 9.81. The Kier molecular flexibility index (Phi) is 3.11. The van der Waals surface area contributed by atoms with Gasteiger partial charge in [0.05, 0.1) is 12.7 Å². The zero-order chi connectivity index (χ0) is 12.4. The van der Waals surface area contributed by atoms with Gasteiger partial charge in [0.2, 0.25) is 0 Å². The van der Waals surface area contributed by atoms with Gasteiger partial charge in [-0.15, -0.1) is 0 Å². The average Bonchev–Trinajstić information content (AvgIpc) is 2.36. The Labute approximate surface area is 99.6 Å². The van der Waals surface area contributed by atoms with Crippen molar-refractivity contribution in [2.45, 2.75) is 13.0 Å². The summed E-state index contributed by atoms with van der Waals surface area (Å²) in [4.78, 5) is 12.0. The normalized spacial score (nSPS) is 12.4. The molecule has 0 aliphatic heterocycles. The number of fused-ring (bicyclic) bond motifs is 1. The molecule has 1 N–H and O–H groups in total. The van der Waals surface area contributed by atoms with E-state index in [0.717, 1.165) is 10.8 Å². The topological polar surface area (TPSA) is 46.5 Å². The van der Waals surface area contributed by atoms with Gasteiger partial charge >= 0.3 is 0 Å². The Bertz CT molecular complexity index is 558. The van der Waals surface area contributed by atoms with Crippen molar-refractivity contribution in [3.05, 3.63) is 42.0 Å². The highest BCUT2D eigenvalue weighted by molar-refractivity contribution is 6.12. The summed E-state index contributed by atoms with van der Waals surface area (Å²) in [5.41, 5.74) is 0.445. The van der Waals surface area contributed by atoms with Crippen molar-refractivity contribution in [2.75, 3.05) is 7.11 Å². The maximum absolute atomic E-state index is 12.0. The van der Waals surface area contributed by atoms with Crippen molar-refractivity contribution in [3.8, 4) is 5.75 Å². The smallest absolute Gasteiger partial charge is 0.195 e. The maximum Gasteiger partial charge on any atom is 0.195 e. The van der Waals surface area contributed by atoms with E-state index >= 15 is 0 Å². The first kappa shape index (κ1) is 11.6. The first-order valence-electron chi connectivity index (χ1n) is 5.43. The molecular formula is C14H14O3. The first-order chi connectivity index (χ1) is 8.15. The molecule has 3 heteroatoms. The second-order valence-electron chi connectivity index (χ2n) is 3.90. The molecule has 0 radical (unpaired) electrons. The van der Waals surface area contributed by atoms with Gasteiger partial charge in [0, 0.05) is 0 Å². The number of methoxy groups -OCH3 is 1. The lowest BCUT2D eigenvalue weighted by Gasteiger charge is -2.12. The standard InChI is InChI=1S/C14H14O3/c1-9(15)14(16)13-11-6-4-3-5-10(11)7-8-12(13)17-2/h3-9,15H,1-2H3. The maximum atomic E-state index is 12.0. The van der Waals surface area contributed by atoms with Gasteiger partial charge in [0.15, 0.2) is 5.78 Å². The van der Waals surface area contributed by atoms with Crippen LogP contribution in [0.4, 0.5) is 0 Å². The third-order valence-electron chi connectivity index (χ3n) is 2.74. The fourth-order valence-corrected chi connectivity index (χ4v) is 1.88. The summed E-state index contributed by atoms with van der Waals surface area (Å²) in [7, 11) is 1.52. The number of benzene rings is 2. The molecule has 0 bridgehead atoms. The Morgan fingerprint density at radius 3 is 2.59 bits per heavy atom. The lowest BCUT2D eigenvalue weighted by atomic mass is 9.98. The largest absolute Gasteiger partial charge is 0.496 e. The van der Waals surface area contributed by atoms with Gasteiger partial charge in [-0.2, -0.15) is 0 Å². The Hall–Kier alpha value is -1.87. The highest BCUT2D eigenvalue weighted by atomic mass is 16.5. The predicted molar refractivity (Wildman–Crippen MR) is 66.5 cm³/mol. The highest BCUT2D eigenvalue weighted by Gasteiger charge is 2.19. The predicted octanol–water partition coefficient (Wildman–Crippen LogP) is 2.41. The molecule has 88 valence electrons. The Morgan fingerprint density at radius 2 is 1.94 bits per heavy atom. The molecular weight excluding hydrogens is 216 g/mol. The van der Waals surface area contributed by atoms with Crippen LogP contribution in [0.15, 0.2) is 36.4 Å². The monoisotopic (exact) mass is 230 g/mol. The molecule has 0 fully saturated rings. The van der Waals surface area contributed by atoms with Gasteiger partial charge in [-0.1, -0.05) is 30.3 Å². The van der Waals surface area contributed by atoms with Crippen LogP contribution in [0.25, 0.3) is 10.8 Å². The molecule has 1 unspecified atom stereocenters. The van der Waals surface area contributed by atoms with Gasteiger partial charge in [-0.25, -0.2) is 0 Å². The molecule has 0 aromatic heterocycles. The number of hydrogen-bond acceptors (Lipinski definition) is 3. The zero-order valence-electron chi connectivity index (χ0n) is 9.81. The number of rotatable bonds is 3. The lowest BCUT2D eigenvalue weighted by molar-refractivity contribution is 0.0778. The van der Waals surface area contributed by atoms with Crippen molar-refractivity contribution < 1.29 is 14.6 Å². The second-order valence-corrected chi connectivity index (χ2v) is 3.90. The van der Waals surface area contributed by atoms with Crippen LogP contribution in [0, 0.1) is 0 Å². The van der Waals surface area contributed by atoms with Gasteiger partial charge in [-0.3, -0.25) is 4.79 Å². The number of Topliss-reactive ketones (excluding diaryl/α,β-unsaturated/α-hetero) is 1.